The molecule has 4 atom stereocenters. The van der Waals surface area contributed by atoms with Gasteiger partial charge in [0.1, 0.15) is 35.6 Å². The Morgan fingerprint density at radius 3 is 2.80 bits per heavy atom. The number of carbonyl (C=O) groups is 1. The zero-order valence-corrected chi connectivity index (χ0v) is 26.5. The summed E-state index contributed by atoms with van der Waals surface area (Å²) in [6.45, 7) is 4.71. The highest BCUT2D eigenvalue weighted by atomic mass is 19.1. The summed E-state index contributed by atoms with van der Waals surface area (Å²) in [7, 11) is 0. The van der Waals surface area contributed by atoms with Gasteiger partial charge in [-0.2, -0.15) is 9.97 Å². The molecule has 3 fully saturated rings. The number of nitrogens with one attached hydrogen (secondary N) is 1. The number of benzene rings is 1. The number of ether oxygens (including phenoxy) is 1. The number of aromatic hydroxyl groups is 1. The third-order valence-corrected chi connectivity index (χ3v) is 11.2. The molecule has 1 aromatic carbocycles. The molecule has 0 saturated carbocycles. The van der Waals surface area contributed by atoms with Gasteiger partial charge in [-0.15, -0.1) is 0 Å². The summed E-state index contributed by atoms with van der Waals surface area (Å²) in [6.07, 6.45) is 9.23. The van der Waals surface area contributed by atoms with Crippen LogP contribution in [0.2, 0.25) is 0 Å². The van der Waals surface area contributed by atoms with E-state index in [4.69, 9.17) is 14.7 Å². The first-order chi connectivity index (χ1) is 22.2. The summed E-state index contributed by atoms with van der Waals surface area (Å²) >= 11 is 0. The molecule has 9 rings (SSSR count). The maximum absolute atomic E-state index is 17.0. The van der Waals surface area contributed by atoms with Crippen LogP contribution in [0.1, 0.15) is 88.2 Å². The second-order valence-corrected chi connectivity index (χ2v) is 14.6. The van der Waals surface area contributed by atoms with Crippen LogP contribution in [0.15, 0.2) is 18.3 Å². The molecule has 0 spiro atoms. The molecule has 11 heteroatoms. The number of phenolic OH excluding ortho intramolecular Hbond substituents is 1. The van der Waals surface area contributed by atoms with E-state index in [1.165, 1.54) is 0 Å². The van der Waals surface area contributed by atoms with Crippen molar-refractivity contribution in [3.8, 4) is 23.0 Å². The average molecular weight is 633 g/mol. The quantitative estimate of drug-likeness (QED) is 0.387. The summed E-state index contributed by atoms with van der Waals surface area (Å²) in [5.41, 5.74) is 1.94. The zero-order valence-electron chi connectivity index (χ0n) is 26.5. The number of alkyl halides is 1. The number of hydrogen-bond acceptors (Lipinski definition) is 8. The summed E-state index contributed by atoms with van der Waals surface area (Å²) in [5, 5.41) is 14.5. The monoisotopic (exact) mass is 632 g/mol. The maximum Gasteiger partial charge on any atom is 0.319 e. The number of nitrogens with zero attached hydrogens (tertiary/aromatic N) is 5. The van der Waals surface area contributed by atoms with Gasteiger partial charge in [0.15, 0.2) is 5.82 Å². The first-order valence-electron chi connectivity index (χ1n) is 17.0. The lowest BCUT2D eigenvalue weighted by Crippen LogP contribution is -2.57. The Bertz CT molecular complexity index is 1700. The van der Waals surface area contributed by atoms with Crippen molar-refractivity contribution < 1.29 is 23.4 Å². The van der Waals surface area contributed by atoms with E-state index in [0.717, 1.165) is 75.5 Å². The molecule has 1 aliphatic carbocycles. The summed E-state index contributed by atoms with van der Waals surface area (Å²) in [4.78, 5) is 31.7. The molecule has 244 valence electrons. The van der Waals surface area contributed by atoms with E-state index in [9.17, 15) is 14.3 Å². The molecule has 1 amide bonds. The van der Waals surface area contributed by atoms with Crippen LogP contribution in [0.25, 0.3) is 22.2 Å². The number of fused-ring (bicyclic) bond motifs is 6. The van der Waals surface area contributed by atoms with E-state index in [0.29, 0.717) is 49.2 Å². The lowest BCUT2D eigenvalue weighted by molar-refractivity contribution is -0.123. The van der Waals surface area contributed by atoms with E-state index in [-0.39, 0.29) is 41.4 Å². The predicted molar refractivity (Wildman–Crippen MR) is 170 cm³/mol. The highest BCUT2D eigenvalue weighted by molar-refractivity contribution is 5.92. The van der Waals surface area contributed by atoms with Crippen LogP contribution >= 0.6 is 0 Å². The molecule has 2 aromatic heterocycles. The van der Waals surface area contributed by atoms with Crippen LogP contribution in [0.3, 0.4) is 0 Å². The van der Waals surface area contributed by atoms with Crippen molar-refractivity contribution in [3.05, 3.63) is 35.3 Å². The van der Waals surface area contributed by atoms with Crippen molar-refractivity contribution in [3.63, 3.8) is 0 Å². The van der Waals surface area contributed by atoms with Crippen molar-refractivity contribution in [1.82, 2.24) is 25.2 Å². The van der Waals surface area contributed by atoms with Crippen molar-refractivity contribution in [1.29, 1.82) is 0 Å². The van der Waals surface area contributed by atoms with E-state index in [2.05, 4.69) is 27.0 Å². The largest absolute Gasteiger partial charge is 0.508 e. The van der Waals surface area contributed by atoms with Gasteiger partial charge in [-0.1, -0.05) is 0 Å². The molecule has 9 nitrogen and oxygen atoms in total. The van der Waals surface area contributed by atoms with Crippen LogP contribution in [0.5, 0.6) is 11.8 Å². The minimum absolute atomic E-state index is 0.0365. The fraction of sp³-hybridized carbons (Fsp3) is 0.600. The Morgan fingerprint density at radius 2 is 1.93 bits per heavy atom. The minimum atomic E-state index is -0.895. The molecule has 46 heavy (non-hydrogen) atoms. The van der Waals surface area contributed by atoms with E-state index < -0.39 is 23.1 Å². The van der Waals surface area contributed by atoms with Gasteiger partial charge >= 0.3 is 6.01 Å². The van der Waals surface area contributed by atoms with Crippen molar-refractivity contribution >= 4 is 22.6 Å². The maximum atomic E-state index is 17.0. The molecular formula is C35H42F2N6O3. The Hall–Kier alpha value is -3.60. The van der Waals surface area contributed by atoms with Gasteiger partial charge in [0.05, 0.1) is 16.5 Å². The van der Waals surface area contributed by atoms with Crippen molar-refractivity contribution in [2.24, 2.45) is 0 Å². The molecular weight excluding hydrogens is 590 g/mol. The number of hydrogen-bond donors (Lipinski definition) is 2. The van der Waals surface area contributed by atoms with E-state index in [1.54, 1.807) is 18.3 Å². The Balaban J connectivity index is 1.28. The lowest BCUT2D eigenvalue weighted by atomic mass is 9.77. The molecule has 2 N–H and O–H groups in total. The number of pyridine rings is 1. The number of amides is 1. The van der Waals surface area contributed by atoms with Gasteiger partial charge in [0.25, 0.3) is 0 Å². The lowest BCUT2D eigenvalue weighted by Gasteiger charge is -2.42. The fourth-order valence-electron chi connectivity index (χ4n) is 9.15. The highest BCUT2D eigenvalue weighted by Gasteiger charge is 2.49. The summed E-state index contributed by atoms with van der Waals surface area (Å²) < 4.78 is 37.8. The van der Waals surface area contributed by atoms with Crippen LogP contribution in [-0.2, 0) is 11.2 Å². The standard InChI is InChI=1S/C35H42F2N6O3/c1-34-10-4-12-42(19-34)32-26-17-38-30(25-15-24(44)14-22-8-2-6-21(28(22)25)7-3-9-27(45)41-34)29(37)31(26)39-33(40-32)46-20-35-11-5-13-43(35)18-23(36)16-35/h14-15,17,21,23,44H,2-13,16,18-20H2,1H3,(H,41,45)/t21-,23-,34-,35+/m1/s1. The molecule has 5 aliphatic heterocycles. The van der Waals surface area contributed by atoms with Gasteiger partial charge in [0.2, 0.25) is 5.91 Å². The number of aryl methyl sites for hydroxylation is 1. The number of piperidine rings is 1. The first-order valence-corrected chi connectivity index (χ1v) is 17.0. The number of aromatic nitrogens is 3. The first kappa shape index (κ1) is 29.8. The molecule has 3 saturated heterocycles. The molecule has 6 bridgehead atoms. The smallest absolute Gasteiger partial charge is 0.319 e. The fourth-order valence-corrected chi connectivity index (χ4v) is 9.15. The third-order valence-electron chi connectivity index (χ3n) is 11.2. The molecule has 0 radical (unpaired) electrons. The molecule has 6 aliphatic rings. The third kappa shape index (κ3) is 5.15. The second kappa shape index (κ2) is 11.3. The number of rotatable bonds is 3. The Morgan fingerprint density at radius 1 is 1.11 bits per heavy atom. The van der Waals surface area contributed by atoms with Crippen LogP contribution < -0.4 is 15.0 Å². The molecule has 3 aromatic rings. The summed E-state index contributed by atoms with van der Waals surface area (Å²) in [5.74, 6) is 0.171. The zero-order chi connectivity index (χ0) is 31.6. The van der Waals surface area contributed by atoms with Crippen molar-refractivity contribution in [2.45, 2.75) is 101 Å². The van der Waals surface area contributed by atoms with Gasteiger partial charge in [-0.05, 0) is 100 Å². The highest BCUT2D eigenvalue weighted by Crippen LogP contribution is 2.45. The SMILES string of the molecule is C[C@@]12CCCN(C1)c1nc(OC[C@@]34CCCN3C[C@H](F)C4)nc3c(F)c(ncc13)-c1cc(O)cc3c1[C@@H](CCCC(=O)N2)CCC3. The van der Waals surface area contributed by atoms with E-state index in [1.807, 2.05) is 0 Å². The van der Waals surface area contributed by atoms with Gasteiger partial charge in [-0.3, -0.25) is 14.7 Å². The van der Waals surface area contributed by atoms with Gasteiger partial charge in [-0.25, -0.2) is 8.78 Å². The van der Waals surface area contributed by atoms with Crippen LogP contribution in [0.4, 0.5) is 14.6 Å². The Kier molecular flexibility index (Phi) is 7.30. The van der Waals surface area contributed by atoms with Gasteiger partial charge < -0.3 is 20.1 Å². The topological polar surface area (TPSA) is 104 Å². The van der Waals surface area contributed by atoms with Crippen molar-refractivity contribution in [2.75, 3.05) is 37.7 Å². The molecule has 7 heterocycles. The van der Waals surface area contributed by atoms with Crippen LogP contribution in [-0.4, -0.2) is 80.9 Å². The minimum Gasteiger partial charge on any atom is -0.508 e. The van der Waals surface area contributed by atoms with Crippen LogP contribution in [0, 0.1) is 5.82 Å². The normalized spacial score (nSPS) is 29.6. The number of carbonyl (C=O) groups excluding carboxylic acids is 1. The van der Waals surface area contributed by atoms with E-state index >= 15 is 4.39 Å². The average Bonchev–Trinajstić information content (AvgIpc) is 3.54. The predicted octanol–water partition coefficient (Wildman–Crippen LogP) is 5.57. The van der Waals surface area contributed by atoms with Gasteiger partial charge in [0, 0.05) is 44.2 Å². The second-order valence-electron chi connectivity index (χ2n) is 14.6. The summed E-state index contributed by atoms with van der Waals surface area (Å²) in [6, 6.07) is 3.45. The number of halogens is 2. The molecule has 0 unspecified atom stereocenters. The Labute approximate surface area is 267 Å². The number of anilines is 1. The number of phenols is 1.